The lowest BCUT2D eigenvalue weighted by Crippen LogP contribution is -2.48. The van der Waals surface area contributed by atoms with Crippen molar-refractivity contribution < 1.29 is 14.3 Å². The van der Waals surface area contributed by atoms with Crippen LogP contribution in [0.25, 0.3) is 6.08 Å². The highest BCUT2D eigenvalue weighted by atomic mass is 16.6. The summed E-state index contributed by atoms with van der Waals surface area (Å²) in [6, 6.07) is 9.94. The van der Waals surface area contributed by atoms with E-state index >= 15 is 0 Å². The van der Waals surface area contributed by atoms with Crippen LogP contribution in [-0.4, -0.2) is 46.5 Å². The third kappa shape index (κ3) is 3.76. The van der Waals surface area contributed by atoms with Crippen molar-refractivity contribution in [3.8, 4) is 0 Å². The number of rotatable bonds is 4. The van der Waals surface area contributed by atoms with Crippen LogP contribution in [-0.2, 0) is 9.53 Å². The zero-order valence-corrected chi connectivity index (χ0v) is 16.1. The zero-order chi connectivity index (χ0) is 18.9. The fraction of sp³-hybridized carbons (Fsp3) is 0.524. The van der Waals surface area contributed by atoms with E-state index in [0.717, 1.165) is 24.8 Å². The Kier molecular flexibility index (Phi) is 4.82. The average molecular weight is 356 g/mol. The summed E-state index contributed by atoms with van der Waals surface area (Å²) in [5, 5.41) is 0. The molecule has 140 valence electrons. The molecule has 1 aromatic rings. The van der Waals surface area contributed by atoms with E-state index in [0.29, 0.717) is 6.54 Å². The van der Waals surface area contributed by atoms with Gasteiger partial charge >= 0.3 is 6.09 Å². The van der Waals surface area contributed by atoms with Crippen molar-refractivity contribution in [3.05, 3.63) is 42.1 Å². The maximum absolute atomic E-state index is 12.9. The van der Waals surface area contributed by atoms with E-state index in [4.69, 9.17) is 4.74 Å². The standard InChI is InChI=1S/C21H28N2O3/c1-20(2,3)26-19(25)22(4)21(12-13-21)17-11-15-23(18(17)24)14-10-16-8-6-5-7-9-16/h5-10,14,17H,11-13,15H2,1-4H3/t17-/m0/s1. The van der Waals surface area contributed by atoms with E-state index in [9.17, 15) is 9.59 Å². The van der Waals surface area contributed by atoms with Gasteiger partial charge in [0.05, 0.1) is 11.5 Å². The fourth-order valence-corrected chi connectivity index (χ4v) is 3.65. The van der Waals surface area contributed by atoms with Gasteiger partial charge in [-0.2, -0.15) is 0 Å². The molecule has 2 fully saturated rings. The molecule has 2 amide bonds. The van der Waals surface area contributed by atoms with Crippen LogP contribution in [0.2, 0.25) is 0 Å². The van der Waals surface area contributed by atoms with Gasteiger partial charge in [-0.05, 0) is 51.7 Å². The minimum atomic E-state index is -0.536. The monoisotopic (exact) mass is 356 g/mol. The van der Waals surface area contributed by atoms with Crippen molar-refractivity contribution >= 4 is 18.1 Å². The number of carbonyl (C=O) groups excluding carboxylic acids is 2. The van der Waals surface area contributed by atoms with Crippen molar-refractivity contribution in [2.75, 3.05) is 13.6 Å². The van der Waals surface area contributed by atoms with Crippen molar-refractivity contribution in [3.63, 3.8) is 0 Å². The molecule has 5 heteroatoms. The summed E-state index contributed by atoms with van der Waals surface area (Å²) < 4.78 is 5.50. The lowest BCUT2D eigenvalue weighted by atomic mass is 9.94. The van der Waals surface area contributed by atoms with Crippen LogP contribution < -0.4 is 0 Å². The Morgan fingerprint density at radius 2 is 1.92 bits per heavy atom. The third-order valence-electron chi connectivity index (χ3n) is 5.23. The number of hydrogen-bond donors (Lipinski definition) is 0. The highest BCUT2D eigenvalue weighted by Crippen LogP contribution is 2.51. The van der Waals surface area contributed by atoms with Gasteiger partial charge in [0.15, 0.2) is 0 Å². The SMILES string of the molecule is CN(C(=O)OC(C)(C)C)C1([C@H]2CCN(C=Cc3ccccc3)C2=O)CC1. The second kappa shape index (κ2) is 6.78. The van der Waals surface area contributed by atoms with Gasteiger partial charge in [-0.25, -0.2) is 4.79 Å². The van der Waals surface area contributed by atoms with Crippen LogP contribution in [0.5, 0.6) is 0 Å². The Morgan fingerprint density at radius 1 is 1.27 bits per heavy atom. The Bertz CT molecular complexity index is 702. The summed E-state index contributed by atoms with van der Waals surface area (Å²) in [6.07, 6.45) is 5.95. The smallest absolute Gasteiger partial charge is 0.410 e. The van der Waals surface area contributed by atoms with Crippen LogP contribution in [0.1, 0.15) is 45.6 Å². The molecule has 3 rings (SSSR count). The second-order valence-corrected chi connectivity index (χ2v) is 8.24. The molecule has 1 aliphatic carbocycles. The first-order valence-electron chi connectivity index (χ1n) is 9.23. The van der Waals surface area contributed by atoms with E-state index in [1.54, 1.807) is 16.8 Å². The van der Waals surface area contributed by atoms with Gasteiger partial charge in [0.2, 0.25) is 5.91 Å². The second-order valence-electron chi connectivity index (χ2n) is 8.24. The minimum absolute atomic E-state index is 0.102. The Balaban J connectivity index is 1.67. The van der Waals surface area contributed by atoms with Gasteiger partial charge in [-0.1, -0.05) is 30.3 Å². The zero-order valence-electron chi connectivity index (χ0n) is 16.1. The van der Waals surface area contributed by atoms with Gasteiger partial charge in [-0.15, -0.1) is 0 Å². The van der Waals surface area contributed by atoms with Gasteiger partial charge in [0, 0.05) is 19.8 Å². The molecule has 1 saturated carbocycles. The van der Waals surface area contributed by atoms with Crippen molar-refractivity contribution in [2.45, 2.75) is 51.2 Å². The molecule has 0 spiro atoms. The molecule has 1 atom stereocenters. The van der Waals surface area contributed by atoms with Gasteiger partial charge in [0.25, 0.3) is 0 Å². The highest BCUT2D eigenvalue weighted by Gasteiger charge is 2.59. The topological polar surface area (TPSA) is 49.9 Å². The maximum atomic E-state index is 12.9. The first kappa shape index (κ1) is 18.5. The largest absolute Gasteiger partial charge is 0.444 e. The van der Waals surface area contributed by atoms with Crippen LogP contribution in [0.4, 0.5) is 4.79 Å². The van der Waals surface area contributed by atoms with E-state index < -0.39 is 5.60 Å². The summed E-state index contributed by atoms with van der Waals surface area (Å²) in [4.78, 5) is 28.8. The number of amides is 2. The molecule has 5 nitrogen and oxygen atoms in total. The predicted molar refractivity (Wildman–Crippen MR) is 101 cm³/mol. The molecule has 0 radical (unpaired) electrons. The highest BCUT2D eigenvalue weighted by molar-refractivity contribution is 5.85. The van der Waals surface area contributed by atoms with Crippen LogP contribution >= 0.6 is 0 Å². The Labute approximate surface area is 155 Å². The van der Waals surface area contributed by atoms with Gasteiger partial charge in [0.1, 0.15) is 5.60 Å². The molecule has 0 bridgehead atoms. The van der Waals surface area contributed by atoms with Crippen molar-refractivity contribution in [2.24, 2.45) is 5.92 Å². The van der Waals surface area contributed by atoms with Crippen molar-refractivity contribution in [1.82, 2.24) is 9.80 Å². The molecule has 0 N–H and O–H groups in total. The fourth-order valence-electron chi connectivity index (χ4n) is 3.65. The molecular formula is C21H28N2O3. The number of nitrogens with zero attached hydrogens (tertiary/aromatic N) is 2. The van der Waals surface area contributed by atoms with E-state index in [1.165, 1.54) is 0 Å². The summed E-state index contributed by atoms with van der Waals surface area (Å²) in [6.45, 7) is 6.26. The number of carbonyl (C=O) groups is 2. The molecular weight excluding hydrogens is 328 g/mol. The number of hydrogen-bond acceptors (Lipinski definition) is 3. The Morgan fingerprint density at radius 3 is 2.50 bits per heavy atom. The molecule has 26 heavy (non-hydrogen) atoms. The molecule has 1 heterocycles. The molecule has 0 unspecified atom stereocenters. The number of likely N-dealkylation sites (tertiary alicyclic amines) is 1. The number of benzene rings is 1. The average Bonchev–Trinajstić information content (AvgIpc) is 3.30. The van der Waals surface area contributed by atoms with Gasteiger partial charge < -0.3 is 14.5 Å². The molecule has 0 aromatic heterocycles. The summed E-state index contributed by atoms with van der Waals surface area (Å²) in [5.41, 5.74) is 0.149. The Hall–Kier alpha value is -2.30. The van der Waals surface area contributed by atoms with E-state index in [-0.39, 0.29) is 23.5 Å². The van der Waals surface area contributed by atoms with Crippen molar-refractivity contribution in [1.29, 1.82) is 0 Å². The minimum Gasteiger partial charge on any atom is -0.444 e. The summed E-state index contributed by atoms with van der Waals surface area (Å²) >= 11 is 0. The quantitative estimate of drug-likeness (QED) is 0.822. The predicted octanol–water partition coefficient (Wildman–Crippen LogP) is 3.91. The lowest BCUT2D eigenvalue weighted by molar-refractivity contribution is -0.130. The summed E-state index contributed by atoms with van der Waals surface area (Å²) in [7, 11) is 1.76. The summed E-state index contributed by atoms with van der Waals surface area (Å²) in [5.74, 6) is -0.0504. The van der Waals surface area contributed by atoms with Crippen LogP contribution in [0.15, 0.2) is 36.5 Å². The molecule has 2 aliphatic rings. The first-order chi connectivity index (χ1) is 12.2. The number of ether oxygens (including phenoxy) is 1. The molecule has 1 aromatic carbocycles. The van der Waals surface area contributed by atoms with Crippen LogP contribution in [0.3, 0.4) is 0 Å². The first-order valence-corrected chi connectivity index (χ1v) is 9.23. The van der Waals surface area contributed by atoms with Crippen LogP contribution in [0, 0.1) is 5.92 Å². The van der Waals surface area contributed by atoms with E-state index in [1.807, 2.05) is 63.4 Å². The molecule has 1 aliphatic heterocycles. The van der Waals surface area contributed by atoms with Gasteiger partial charge in [-0.3, -0.25) is 4.79 Å². The van der Waals surface area contributed by atoms with E-state index in [2.05, 4.69) is 0 Å². The maximum Gasteiger partial charge on any atom is 0.410 e. The normalized spacial score (nSPS) is 21.9. The molecule has 1 saturated heterocycles. The lowest BCUT2D eigenvalue weighted by Gasteiger charge is -2.33. The third-order valence-corrected chi connectivity index (χ3v) is 5.23.